The molecule has 3 aromatic rings. The quantitative estimate of drug-likeness (QED) is 0.599. The van der Waals surface area contributed by atoms with Crippen molar-refractivity contribution in [2.75, 3.05) is 22.5 Å². The number of urea groups is 1. The number of rotatable bonds is 3. The molecule has 162 valence electrons. The molecule has 2 aliphatic heterocycles. The molecule has 2 aliphatic rings. The number of aryl methyl sites for hydroxylation is 2. The van der Waals surface area contributed by atoms with Crippen LogP contribution >= 0.6 is 11.8 Å². The van der Waals surface area contributed by atoms with Gasteiger partial charge in [-0.25, -0.2) is 4.79 Å². The van der Waals surface area contributed by atoms with Crippen molar-refractivity contribution < 1.29 is 9.59 Å². The van der Waals surface area contributed by atoms with Gasteiger partial charge in [0, 0.05) is 23.5 Å². The van der Waals surface area contributed by atoms with Crippen LogP contribution in [0.1, 0.15) is 22.3 Å². The van der Waals surface area contributed by atoms with Crippen LogP contribution in [0.15, 0.2) is 72.8 Å². The Labute approximate surface area is 192 Å². The molecule has 0 saturated carbocycles. The minimum atomic E-state index is -1.03. The Kier molecular flexibility index (Phi) is 5.18. The van der Waals surface area contributed by atoms with Crippen LogP contribution in [0, 0.1) is 13.8 Å². The summed E-state index contributed by atoms with van der Waals surface area (Å²) in [6.07, 6.45) is 0. The van der Waals surface area contributed by atoms with E-state index in [0.29, 0.717) is 18.8 Å². The highest BCUT2D eigenvalue weighted by atomic mass is 32.2. The molecule has 6 heteroatoms. The summed E-state index contributed by atoms with van der Waals surface area (Å²) in [6.45, 7) is 5.03. The first-order valence-corrected chi connectivity index (χ1v) is 11.7. The number of hydrogen-bond acceptors (Lipinski definition) is 3. The summed E-state index contributed by atoms with van der Waals surface area (Å²) in [7, 11) is 0. The van der Waals surface area contributed by atoms with Crippen LogP contribution in [0.5, 0.6) is 0 Å². The number of para-hydroxylation sites is 1. The summed E-state index contributed by atoms with van der Waals surface area (Å²) < 4.78 is 0. The topological polar surface area (TPSA) is 52.7 Å². The number of nitrogens with one attached hydrogen (secondary N) is 1. The minimum Gasteiger partial charge on any atom is -0.308 e. The monoisotopic (exact) mass is 443 g/mol. The molecular weight excluding hydrogens is 418 g/mol. The maximum absolute atomic E-state index is 14.0. The molecule has 3 amide bonds. The van der Waals surface area contributed by atoms with Gasteiger partial charge in [0.25, 0.3) is 5.91 Å². The highest BCUT2D eigenvalue weighted by molar-refractivity contribution is 8.01. The predicted molar refractivity (Wildman–Crippen MR) is 130 cm³/mol. The largest absolute Gasteiger partial charge is 0.323 e. The van der Waals surface area contributed by atoms with Crippen LogP contribution in [0.25, 0.3) is 0 Å². The SMILES string of the molecule is Cc1ccc(CN2C(=O)[C@@]3(SCCN3C(=O)Nc3cccc(C)c3)c3ccccc32)cc1. The van der Waals surface area contributed by atoms with Crippen molar-refractivity contribution in [2.24, 2.45) is 0 Å². The Morgan fingerprint density at radius 3 is 2.56 bits per heavy atom. The molecule has 0 aliphatic carbocycles. The van der Waals surface area contributed by atoms with Gasteiger partial charge in [0.1, 0.15) is 0 Å². The summed E-state index contributed by atoms with van der Waals surface area (Å²) in [5, 5.41) is 3.00. The summed E-state index contributed by atoms with van der Waals surface area (Å²) in [4.78, 5) is 29.8. The summed E-state index contributed by atoms with van der Waals surface area (Å²) in [5.41, 5.74) is 5.82. The first kappa shape index (κ1) is 20.6. The van der Waals surface area contributed by atoms with Crippen molar-refractivity contribution >= 4 is 35.1 Å². The third-order valence-corrected chi connectivity index (χ3v) is 7.50. The van der Waals surface area contributed by atoms with Gasteiger partial charge in [0.2, 0.25) is 0 Å². The molecule has 2 heterocycles. The second kappa shape index (κ2) is 8.02. The van der Waals surface area contributed by atoms with E-state index in [1.54, 1.807) is 16.7 Å². The first-order valence-electron chi connectivity index (χ1n) is 10.8. The number of anilines is 2. The first-order chi connectivity index (χ1) is 15.5. The Bertz CT molecular complexity index is 1190. The third-order valence-electron chi connectivity index (χ3n) is 6.08. The number of fused-ring (bicyclic) bond motifs is 2. The molecule has 1 saturated heterocycles. The number of thioether (sulfide) groups is 1. The van der Waals surface area contributed by atoms with Crippen molar-refractivity contribution in [3.63, 3.8) is 0 Å². The molecule has 0 aromatic heterocycles. The molecule has 0 radical (unpaired) electrons. The molecule has 0 unspecified atom stereocenters. The predicted octanol–water partition coefficient (Wildman–Crippen LogP) is 5.28. The third kappa shape index (κ3) is 3.35. The van der Waals surface area contributed by atoms with Crippen LogP contribution in [0.3, 0.4) is 0 Å². The molecule has 5 nitrogen and oxygen atoms in total. The van der Waals surface area contributed by atoms with Crippen LogP contribution in [-0.2, 0) is 16.2 Å². The van der Waals surface area contributed by atoms with Gasteiger partial charge >= 0.3 is 6.03 Å². The van der Waals surface area contributed by atoms with E-state index in [4.69, 9.17) is 0 Å². The molecule has 1 N–H and O–H groups in total. The lowest BCUT2D eigenvalue weighted by Crippen LogP contribution is -2.51. The van der Waals surface area contributed by atoms with Gasteiger partial charge in [0.05, 0.1) is 12.2 Å². The standard InChI is InChI=1S/C26H25N3O2S/c1-18-10-12-20(13-11-18)17-28-23-9-4-3-8-22(23)26(24(28)30)29(14-15-32-26)25(31)27-21-7-5-6-19(2)16-21/h3-13,16H,14-15,17H2,1-2H3,(H,27,31)/t26-/m0/s1. The zero-order valence-corrected chi connectivity index (χ0v) is 19.0. The molecule has 3 aromatic carbocycles. The van der Waals surface area contributed by atoms with E-state index in [1.807, 2.05) is 60.4 Å². The van der Waals surface area contributed by atoms with Gasteiger partial charge in [-0.15, -0.1) is 11.8 Å². The molecule has 32 heavy (non-hydrogen) atoms. The number of benzene rings is 3. The van der Waals surface area contributed by atoms with E-state index in [2.05, 4.69) is 36.5 Å². The van der Waals surface area contributed by atoms with Gasteiger partial charge in [-0.3, -0.25) is 9.69 Å². The zero-order valence-electron chi connectivity index (χ0n) is 18.2. The molecule has 1 fully saturated rings. The van der Waals surface area contributed by atoms with Crippen LogP contribution < -0.4 is 10.2 Å². The van der Waals surface area contributed by atoms with E-state index in [0.717, 1.165) is 28.1 Å². The van der Waals surface area contributed by atoms with Crippen LogP contribution in [-0.4, -0.2) is 29.1 Å². The second-order valence-corrected chi connectivity index (χ2v) is 9.63. The number of hydrogen-bond donors (Lipinski definition) is 1. The van der Waals surface area contributed by atoms with Gasteiger partial charge < -0.3 is 10.2 Å². The highest BCUT2D eigenvalue weighted by Crippen LogP contribution is 2.54. The fourth-order valence-electron chi connectivity index (χ4n) is 4.51. The van der Waals surface area contributed by atoms with Gasteiger partial charge in [-0.2, -0.15) is 0 Å². The van der Waals surface area contributed by atoms with Crippen LogP contribution in [0.2, 0.25) is 0 Å². The molecule has 5 rings (SSSR count). The Balaban J connectivity index is 1.50. The average molecular weight is 444 g/mol. The lowest BCUT2D eigenvalue weighted by Gasteiger charge is -2.33. The molecular formula is C26H25N3O2S. The van der Waals surface area contributed by atoms with E-state index < -0.39 is 4.87 Å². The maximum Gasteiger partial charge on any atom is 0.323 e. The van der Waals surface area contributed by atoms with Crippen LogP contribution in [0.4, 0.5) is 16.2 Å². The average Bonchev–Trinajstić information content (AvgIpc) is 3.33. The van der Waals surface area contributed by atoms with Gasteiger partial charge in [0.15, 0.2) is 4.87 Å². The Morgan fingerprint density at radius 1 is 1.00 bits per heavy atom. The molecule has 0 bridgehead atoms. The van der Waals surface area contributed by atoms with Crippen molar-refractivity contribution in [1.82, 2.24) is 4.90 Å². The second-order valence-electron chi connectivity index (χ2n) is 8.34. The van der Waals surface area contributed by atoms with Crippen molar-refractivity contribution in [1.29, 1.82) is 0 Å². The summed E-state index contributed by atoms with van der Waals surface area (Å²) in [6, 6.07) is 23.5. The minimum absolute atomic E-state index is 0.0545. The van der Waals surface area contributed by atoms with E-state index in [-0.39, 0.29) is 11.9 Å². The Hall–Kier alpha value is -3.25. The fourth-order valence-corrected chi connectivity index (χ4v) is 5.98. The van der Waals surface area contributed by atoms with E-state index >= 15 is 0 Å². The van der Waals surface area contributed by atoms with Crippen molar-refractivity contribution in [2.45, 2.75) is 25.3 Å². The highest BCUT2D eigenvalue weighted by Gasteiger charge is 2.59. The zero-order chi connectivity index (χ0) is 22.3. The smallest absolute Gasteiger partial charge is 0.308 e. The molecule has 1 atom stereocenters. The maximum atomic E-state index is 14.0. The lowest BCUT2D eigenvalue weighted by molar-refractivity contribution is -0.123. The Morgan fingerprint density at radius 2 is 1.78 bits per heavy atom. The van der Waals surface area contributed by atoms with Crippen molar-refractivity contribution in [3.05, 3.63) is 95.1 Å². The number of carbonyl (C=O) groups is 2. The number of carbonyl (C=O) groups excluding carboxylic acids is 2. The fraction of sp³-hybridized carbons (Fsp3) is 0.231. The number of nitrogens with zero attached hydrogens (tertiary/aromatic N) is 2. The lowest BCUT2D eigenvalue weighted by atomic mass is 10.1. The normalized spacial score (nSPS) is 19.5. The van der Waals surface area contributed by atoms with E-state index in [1.165, 1.54) is 5.56 Å². The van der Waals surface area contributed by atoms with Gasteiger partial charge in [-0.1, -0.05) is 60.2 Å². The summed E-state index contributed by atoms with van der Waals surface area (Å²) in [5.74, 6) is 0.654. The molecule has 1 spiro atoms. The van der Waals surface area contributed by atoms with Crippen molar-refractivity contribution in [3.8, 4) is 0 Å². The summed E-state index contributed by atoms with van der Waals surface area (Å²) >= 11 is 1.54. The van der Waals surface area contributed by atoms with Gasteiger partial charge in [-0.05, 0) is 43.2 Å². The van der Waals surface area contributed by atoms with E-state index in [9.17, 15) is 9.59 Å². The number of amides is 3.